The van der Waals surface area contributed by atoms with E-state index in [1.165, 1.54) is 0 Å². The van der Waals surface area contributed by atoms with Gasteiger partial charge in [0.05, 0.1) is 13.2 Å². The molecule has 1 saturated heterocycles. The van der Waals surface area contributed by atoms with E-state index in [1.807, 2.05) is 0 Å². The molecule has 0 aromatic carbocycles. The van der Waals surface area contributed by atoms with Gasteiger partial charge in [-0.25, -0.2) is 0 Å². The lowest BCUT2D eigenvalue weighted by molar-refractivity contribution is 0.0320. The number of ether oxygens (including phenoxy) is 1. The molecule has 1 atom stereocenters. The molecule has 1 unspecified atom stereocenters. The normalized spacial score (nSPS) is 20.1. The molecule has 0 aromatic heterocycles. The summed E-state index contributed by atoms with van der Waals surface area (Å²) in [5.74, 6) is 1.68. The smallest absolute Gasteiger partial charge is 0.188 e. The van der Waals surface area contributed by atoms with Crippen molar-refractivity contribution in [2.75, 3.05) is 45.9 Å². The van der Waals surface area contributed by atoms with E-state index in [4.69, 9.17) is 10.5 Å². The molecular formula is C13H28N4O. The van der Waals surface area contributed by atoms with Gasteiger partial charge in [0.15, 0.2) is 5.96 Å². The summed E-state index contributed by atoms with van der Waals surface area (Å²) in [6, 6.07) is 0. The van der Waals surface area contributed by atoms with E-state index in [1.54, 1.807) is 0 Å². The Kier molecular flexibility index (Phi) is 7.05. The molecule has 0 aliphatic carbocycles. The fourth-order valence-electron chi connectivity index (χ4n) is 1.90. The van der Waals surface area contributed by atoms with Crippen molar-refractivity contribution in [3.63, 3.8) is 0 Å². The summed E-state index contributed by atoms with van der Waals surface area (Å²) >= 11 is 0. The molecular weight excluding hydrogens is 228 g/mol. The van der Waals surface area contributed by atoms with Gasteiger partial charge in [0.25, 0.3) is 0 Å². The highest BCUT2D eigenvalue weighted by Gasteiger charge is 2.13. The maximum absolute atomic E-state index is 5.81. The number of guanidine groups is 1. The first kappa shape index (κ1) is 15.2. The molecule has 106 valence electrons. The zero-order valence-electron chi connectivity index (χ0n) is 12.0. The lowest BCUT2D eigenvalue weighted by Gasteiger charge is -2.29. The van der Waals surface area contributed by atoms with E-state index in [-0.39, 0.29) is 0 Å². The fourth-order valence-corrected chi connectivity index (χ4v) is 1.90. The number of nitrogens with zero attached hydrogens (tertiary/aromatic N) is 2. The van der Waals surface area contributed by atoms with Crippen LogP contribution in [0.3, 0.4) is 0 Å². The summed E-state index contributed by atoms with van der Waals surface area (Å²) in [6.45, 7) is 13.1. The van der Waals surface area contributed by atoms with Crippen molar-refractivity contribution < 1.29 is 4.74 Å². The topological polar surface area (TPSA) is 62.9 Å². The van der Waals surface area contributed by atoms with Crippen LogP contribution >= 0.6 is 0 Å². The molecule has 1 aliphatic rings. The van der Waals surface area contributed by atoms with E-state index in [2.05, 4.69) is 36.0 Å². The fraction of sp³-hybridized carbons (Fsp3) is 0.923. The summed E-state index contributed by atoms with van der Waals surface area (Å²) in [5.41, 5.74) is 5.81. The van der Waals surface area contributed by atoms with Crippen molar-refractivity contribution in [1.29, 1.82) is 0 Å². The van der Waals surface area contributed by atoms with Crippen LogP contribution in [0.25, 0.3) is 0 Å². The highest BCUT2D eigenvalue weighted by Crippen LogP contribution is 2.02. The Balaban J connectivity index is 2.15. The Labute approximate surface area is 111 Å². The predicted octanol–water partition coefficient (Wildman–Crippen LogP) is 0.515. The lowest BCUT2D eigenvalue weighted by Crippen LogP contribution is -2.42. The second kappa shape index (κ2) is 8.32. The van der Waals surface area contributed by atoms with E-state index < -0.39 is 0 Å². The Morgan fingerprint density at radius 3 is 2.61 bits per heavy atom. The molecule has 1 heterocycles. The molecule has 0 aromatic rings. The minimum Gasteiger partial charge on any atom is -0.379 e. The average Bonchev–Trinajstić information content (AvgIpc) is 2.35. The zero-order chi connectivity index (χ0) is 13.4. The van der Waals surface area contributed by atoms with Gasteiger partial charge in [0.2, 0.25) is 0 Å². The lowest BCUT2D eigenvalue weighted by atomic mass is 10.1. The average molecular weight is 256 g/mol. The van der Waals surface area contributed by atoms with Gasteiger partial charge in [-0.1, -0.05) is 20.8 Å². The monoisotopic (exact) mass is 256 g/mol. The van der Waals surface area contributed by atoms with Crippen LogP contribution in [0.1, 0.15) is 20.8 Å². The summed E-state index contributed by atoms with van der Waals surface area (Å²) in [4.78, 5) is 6.73. The van der Waals surface area contributed by atoms with E-state index in [0.29, 0.717) is 17.8 Å². The largest absolute Gasteiger partial charge is 0.379 e. The summed E-state index contributed by atoms with van der Waals surface area (Å²) < 4.78 is 5.34. The molecule has 0 bridgehead atoms. The van der Waals surface area contributed by atoms with Gasteiger partial charge in [0.1, 0.15) is 0 Å². The van der Waals surface area contributed by atoms with Gasteiger partial charge in [-0.15, -0.1) is 0 Å². The minimum atomic E-state index is 0.552. The van der Waals surface area contributed by atoms with Gasteiger partial charge in [0, 0.05) is 32.7 Å². The first-order chi connectivity index (χ1) is 8.58. The Morgan fingerprint density at radius 1 is 1.33 bits per heavy atom. The molecule has 5 nitrogen and oxygen atoms in total. The molecule has 18 heavy (non-hydrogen) atoms. The van der Waals surface area contributed by atoms with Crippen LogP contribution in [0, 0.1) is 11.8 Å². The SMILES string of the molecule is CC(C)CN=C(N)NCC(C)CN1CCOCC1. The third-order valence-corrected chi connectivity index (χ3v) is 2.93. The Bertz CT molecular complexity index is 249. The standard InChI is InChI=1S/C13H28N4O/c1-11(2)8-15-13(14)16-9-12(3)10-17-4-6-18-7-5-17/h11-12H,4-10H2,1-3H3,(H3,14,15,16). The van der Waals surface area contributed by atoms with Crippen molar-refractivity contribution in [1.82, 2.24) is 10.2 Å². The minimum absolute atomic E-state index is 0.552. The molecule has 3 N–H and O–H groups in total. The Hall–Kier alpha value is -0.810. The van der Waals surface area contributed by atoms with Crippen LogP contribution in [0.5, 0.6) is 0 Å². The predicted molar refractivity (Wildman–Crippen MR) is 75.8 cm³/mol. The molecule has 1 aliphatic heterocycles. The summed E-state index contributed by atoms with van der Waals surface area (Å²) in [5, 5.41) is 3.20. The Morgan fingerprint density at radius 2 is 2.00 bits per heavy atom. The van der Waals surface area contributed by atoms with Gasteiger partial charge in [-0.2, -0.15) is 0 Å². The molecule has 0 spiro atoms. The van der Waals surface area contributed by atoms with Crippen molar-refractivity contribution in [2.45, 2.75) is 20.8 Å². The number of rotatable bonds is 6. The van der Waals surface area contributed by atoms with Crippen LogP contribution in [-0.4, -0.2) is 56.8 Å². The molecule has 0 amide bonds. The number of hydrogen-bond acceptors (Lipinski definition) is 3. The van der Waals surface area contributed by atoms with Crippen LogP contribution in [0.15, 0.2) is 4.99 Å². The summed E-state index contributed by atoms with van der Waals surface area (Å²) in [6.07, 6.45) is 0. The van der Waals surface area contributed by atoms with Gasteiger partial charge in [-0.3, -0.25) is 9.89 Å². The number of nitrogens with one attached hydrogen (secondary N) is 1. The third-order valence-electron chi connectivity index (χ3n) is 2.93. The van der Waals surface area contributed by atoms with Crippen LogP contribution in [0.4, 0.5) is 0 Å². The van der Waals surface area contributed by atoms with Crippen molar-refractivity contribution in [2.24, 2.45) is 22.6 Å². The number of aliphatic imine (C=N–C) groups is 1. The highest BCUT2D eigenvalue weighted by molar-refractivity contribution is 5.77. The molecule has 1 fully saturated rings. The third kappa shape index (κ3) is 6.81. The first-order valence-electron chi connectivity index (χ1n) is 6.91. The number of hydrogen-bond donors (Lipinski definition) is 2. The van der Waals surface area contributed by atoms with Gasteiger partial charge >= 0.3 is 0 Å². The van der Waals surface area contributed by atoms with Crippen LogP contribution in [-0.2, 0) is 4.74 Å². The van der Waals surface area contributed by atoms with E-state index in [0.717, 1.165) is 45.9 Å². The van der Waals surface area contributed by atoms with Crippen molar-refractivity contribution in [3.05, 3.63) is 0 Å². The second-order valence-corrected chi connectivity index (χ2v) is 5.52. The maximum atomic E-state index is 5.81. The number of nitrogens with two attached hydrogens (primary N) is 1. The highest BCUT2D eigenvalue weighted by atomic mass is 16.5. The van der Waals surface area contributed by atoms with Crippen LogP contribution < -0.4 is 11.1 Å². The first-order valence-corrected chi connectivity index (χ1v) is 6.91. The van der Waals surface area contributed by atoms with Gasteiger partial charge < -0.3 is 15.8 Å². The molecule has 1 rings (SSSR count). The molecule has 0 radical (unpaired) electrons. The van der Waals surface area contributed by atoms with Crippen molar-refractivity contribution in [3.8, 4) is 0 Å². The van der Waals surface area contributed by atoms with E-state index >= 15 is 0 Å². The van der Waals surface area contributed by atoms with Gasteiger partial charge in [-0.05, 0) is 11.8 Å². The summed E-state index contributed by atoms with van der Waals surface area (Å²) in [7, 11) is 0. The zero-order valence-corrected chi connectivity index (χ0v) is 12.0. The number of morpholine rings is 1. The molecule has 5 heteroatoms. The maximum Gasteiger partial charge on any atom is 0.188 e. The van der Waals surface area contributed by atoms with Crippen LogP contribution in [0.2, 0.25) is 0 Å². The second-order valence-electron chi connectivity index (χ2n) is 5.52. The quantitative estimate of drug-likeness (QED) is 0.537. The van der Waals surface area contributed by atoms with E-state index in [9.17, 15) is 0 Å². The molecule has 0 saturated carbocycles. The van der Waals surface area contributed by atoms with Crippen molar-refractivity contribution >= 4 is 5.96 Å².